The Kier molecular flexibility index (Phi) is 3.69. The fraction of sp³-hybridized carbons (Fsp3) is 0.643. The third-order valence-electron chi connectivity index (χ3n) is 3.98. The van der Waals surface area contributed by atoms with Gasteiger partial charge in [-0.25, -0.2) is 13.4 Å². The van der Waals surface area contributed by atoms with Gasteiger partial charge in [-0.05, 0) is 37.8 Å². The quantitative estimate of drug-likeness (QED) is 0.846. The molecule has 1 saturated heterocycles. The summed E-state index contributed by atoms with van der Waals surface area (Å²) >= 11 is 0. The highest BCUT2D eigenvalue weighted by Crippen LogP contribution is 2.31. The van der Waals surface area contributed by atoms with E-state index in [0.29, 0.717) is 13.1 Å². The molecule has 5 nitrogen and oxygen atoms in total. The molecule has 1 aromatic heterocycles. The highest BCUT2D eigenvalue weighted by Gasteiger charge is 2.40. The molecule has 1 aliphatic carbocycles. The van der Waals surface area contributed by atoms with Crippen LogP contribution in [0.2, 0.25) is 0 Å². The molecule has 0 atom stereocenters. The van der Waals surface area contributed by atoms with Gasteiger partial charge in [0.2, 0.25) is 10.0 Å². The van der Waals surface area contributed by atoms with E-state index in [1.165, 1.54) is 0 Å². The van der Waals surface area contributed by atoms with Gasteiger partial charge in [-0.3, -0.25) is 0 Å². The Morgan fingerprint density at radius 1 is 1.15 bits per heavy atom. The lowest BCUT2D eigenvalue weighted by Gasteiger charge is -2.22. The second-order valence-corrected chi connectivity index (χ2v) is 7.89. The lowest BCUT2D eigenvalue weighted by Crippen LogP contribution is -2.37. The number of sulfonamides is 1. The maximum atomic E-state index is 12.3. The average Bonchev–Trinajstić information content (AvgIpc) is 3.26. The highest BCUT2D eigenvalue weighted by molar-refractivity contribution is 7.90. The number of nitrogens with zero attached hydrogens (tertiary/aromatic N) is 3. The predicted octanol–water partition coefficient (Wildman–Crippen LogP) is 1.39. The molecule has 0 bridgehead atoms. The Bertz CT molecular complexity index is 567. The van der Waals surface area contributed by atoms with Gasteiger partial charge in [-0.15, -0.1) is 0 Å². The van der Waals surface area contributed by atoms with E-state index in [1.807, 2.05) is 25.3 Å². The van der Waals surface area contributed by atoms with Gasteiger partial charge >= 0.3 is 0 Å². The molecule has 1 aliphatic heterocycles. The summed E-state index contributed by atoms with van der Waals surface area (Å²) in [6, 6.07) is 4.06. The number of hydrogen-bond donors (Lipinski definition) is 0. The normalized spacial score (nSPS) is 21.8. The fourth-order valence-corrected chi connectivity index (χ4v) is 4.47. The third kappa shape index (κ3) is 2.81. The van der Waals surface area contributed by atoms with Crippen LogP contribution in [0.4, 0.5) is 5.82 Å². The molecule has 2 heterocycles. The summed E-state index contributed by atoms with van der Waals surface area (Å²) in [6.45, 7) is 4.83. The largest absolute Gasteiger partial charge is 0.355 e. The lowest BCUT2D eigenvalue weighted by molar-refractivity contribution is 0.432. The first-order valence-electron chi connectivity index (χ1n) is 7.24. The molecule has 20 heavy (non-hydrogen) atoms. The Hall–Kier alpha value is -1.14. The number of pyridine rings is 1. The van der Waals surface area contributed by atoms with Crippen molar-refractivity contribution in [3.63, 3.8) is 0 Å². The lowest BCUT2D eigenvalue weighted by atomic mass is 10.3. The van der Waals surface area contributed by atoms with Crippen molar-refractivity contribution in [1.29, 1.82) is 0 Å². The van der Waals surface area contributed by atoms with Crippen molar-refractivity contribution in [3.05, 3.63) is 23.9 Å². The zero-order valence-electron chi connectivity index (χ0n) is 11.8. The molecule has 110 valence electrons. The summed E-state index contributed by atoms with van der Waals surface area (Å²) in [6.07, 6.45) is 4.39. The molecule has 2 fully saturated rings. The number of hydrogen-bond acceptors (Lipinski definition) is 4. The van der Waals surface area contributed by atoms with Gasteiger partial charge in [-0.1, -0.05) is 6.07 Å². The zero-order valence-corrected chi connectivity index (χ0v) is 12.6. The van der Waals surface area contributed by atoms with E-state index in [0.717, 1.165) is 43.7 Å². The van der Waals surface area contributed by atoms with Crippen LogP contribution in [0.3, 0.4) is 0 Å². The number of aryl methyl sites for hydroxylation is 1. The van der Waals surface area contributed by atoms with Crippen LogP contribution in [0, 0.1) is 6.92 Å². The van der Waals surface area contributed by atoms with Crippen LogP contribution < -0.4 is 4.90 Å². The first-order chi connectivity index (χ1) is 9.57. The minimum absolute atomic E-state index is 0.105. The van der Waals surface area contributed by atoms with Crippen LogP contribution in [0.5, 0.6) is 0 Å². The molecule has 6 heteroatoms. The van der Waals surface area contributed by atoms with E-state index < -0.39 is 10.0 Å². The SMILES string of the molecule is Cc1ccc(N2CCCN(S(=O)(=O)C3CC3)CC2)nc1. The summed E-state index contributed by atoms with van der Waals surface area (Å²) in [7, 11) is -3.04. The van der Waals surface area contributed by atoms with E-state index in [1.54, 1.807) is 4.31 Å². The molecule has 0 aromatic carbocycles. The van der Waals surface area contributed by atoms with Crippen LogP contribution in [-0.2, 0) is 10.0 Å². The molecule has 1 aromatic rings. The van der Waals surface area contributed by atoms with Gasteiger partial charge in [0.25, 0.3) is 0 Å². The van der Waals surface area contributed by atoms with E-state index in [4.69, 9.17) is 0 Å². The maximum absolute atomic E-state index is 12.3. The number of aromatic nitrogens is 1. The summed E-state index contributed by atoms with van der Waals surface area (Å²) in [4.78, 5) is 6.62. The first kappa shape index (κ1) is 13.8. The Labute approximate surface area is 120 Å². The molecule has 1 saturated carbocycles. The van der Waals surface area contributed by atoms with Crippen molar-refractivity contribution in [2.45, 2.75) is 31.4 Å². The monoisotopic (exact) mass is 295 g/mol. The number of anilines is 1. The topological polar surface area (TPSA) is 53.5 Å². The van der Waals surface area contributed by atoms with E-state index in [2.05, 4.69) is 9.88 Å². The number of rotatable bonds is 3. The molecule has 0 radical (unpaired) electrons. The third-order valence-corrected chi connectivity index (χ3v) is 6.38. The molecular formula is C14H21N3O2S. The van der Waals surface area contributed by atoms with E-state index >= 15 is 0 Å². The van der Waals surface area contributed by atoms with Crippen LogP contribution in [0.1, 0.15) is 24.8 Å². The summed E-state index contributed by atoms with van der Waals surface area (Å²) in [5, 5.41) is -0.105. The highest BCUT2D eigenvalue weighted by atomic mass is 32.2. The molecule has 0 amide bonds. The molecule has 3 rings (SSSR count). The van der Waals surface area contributed by atoms with E-state index in [-0.39, 0.29) is 5.25 Å². The maximum Gasteiger partial charge on any atom is 0.217 e. The van der Waals surface area contributed by atoms with Crippen molar-refractivity contribution in [2.24, 2.45) is 0 Å². The van der Waals surface area contributed by atoms with Crippen molar-refractivity contribution >= 4 is 15.8 Å². The summed E-state index contributed by atoms with van der Waals surface area (Å²) < 4.78 is 26.2. The first-order valence-corrected chi connectivity index (χ1v) is 8.74. The van der Waals surface area contributed by atoms with Crippen LogP contribution in [0.25, 0.3) is 0 Å². The molecule has 0 unspecified atom stereocenters. The Morgan fingerprint density at radius 3 is 2.60 bits per heavy atom. The second-order valence-electron chi connectivity index (χ2n) is 5.68. The smallest absolute Gasteiger partial charge is 0.217 e. The van der Waals surface area contributed by atoms with Crippen molar-refractivity contribution in [3.8, 4) is 0 Å². The molecule has 0 spiro atoms. The second kappa shape index (κ2) is 5.33. The van der Waals surface area contributed by atoms with Gasteiger partial charge in [-0.2, -0.15) is 4.31 Å². The summed E-state index contributed by atoms with van der Waals surface area (Å²) in [5.41, 5.74) is 1.14. The van der Waals surface area contributed by atoms with Gasteiger partial charge in [0.15, 0.2) is 0 Å². The predicted molar refractivity (Wildman–Crippen MR) is 79.3 cm³/mol. The fourth-order valence-electron chi connectivity index (χ4n) is 2.60. The zero-order chi connectivity index (χ0) is 14.2. The Morgan fingerprint density at radius 2 is 1.95 bits per heavy atom. The van der Waals surface area contributed by atoms with Crippen molar-refractivity contribution in [1.82, 2.24) is 9.29 Å². The van der Waals surface area contributed by atoms with Gasteiger partial charge in [0.05, 0.1) is 5.25 Å². The molecule has 0 N–H and O–H groups in total. The van der Waals surface area contributed by atoms with Gasteiger partial charge in [0.1, 0.15) is 5.82 Å². The van der Waals surface area contributed by atoms with Gasteiger partial charge in [0, 0.05) is 32.4 Å². The standard InChI is InChI=1S/C14H21N3O2S/c1-12-3-6-14(15-11-12)16-7-2-8-17(10-9-16)20(18,19)13-4-5-13/h3,6,11,13H,2,4-5,7-10H2,1H3. The van der Waals surface area contributed by atoms with Crippen LogP contribution in [-0.4, -0.2) is 49.1 Å². The van der Waals surface area contributed by atoms with Crippen LogP contribution >= 0.6 is 0 Å². The van der Waals surface area contributed by atoms with E-state index in [9.17, 15) is 8.42 Å². The Balaban J connectivity index is 1.69. The summed E-state index contributed by atoms with van der Waals surface area (Å²) in [5.74, 6) is 0.946. The van der Waals surface area contributed by atoms with Crippen LogP contribution in [0.15, 0.2) is 18.3 Å². The average molecular weight is 295 g/mol. The van der Waals surface area contributed by atoms with Crippen molar-refractivity contribution in [2.75, 3.05) is 31.1 Å². The molecular weight excluding hydrogens is 274 g/mol. The molecule has 2 aliphatic rings. The van der Waals surface area contributed by atoms with Gasteiger partial charge < -0.3 is 4.90 Å². The van der Waals surface area contributed by atoms with Crippen molar-refractivity contribution < 1.29 is 8.42 Å². The minimum atomic E-state index is -3.04. The minimum Gasteiger partial charge on any atom is -0.355 e.